The second-order valence-electron chi connectivity index (χ2n) is 8.61. The molecule has 6 heteroatoms. The summed E-state index contributed by atoms with van der Waals surface area (Å²) in [4.78, 5) is 15.7. The number of methoxy groups -OCH3 is 2. The molecule has 1 heterocycles. The summed E-state index contributed by atoms with van der Waals surface area (Å²) in [6, 6.07) is 28.0. The molecule has 1 aliphatic heterocycles. The average molecular weight is 508 g/mol. The van der Waals surface area contributed by atoms with E-state index in [1.54, 1.807) is 26.0 Å². The number of rotatable bonds is 9. The van der Waals surface area contributed by atoms with Gasteiger partial charge in [0.05, 0.1) is 19.3 Å². The number of hydrogen-bond acceptors (Lipinski definition) is 6. The number of benzene rings is 3. The van der Waals surface area contributed by atoms with Gasteiger partial charge in [0.1, 0.15) is 0 Å². The van der Waals surface area contributed by atoms with Gasteiger partial charge in [-0.3, -0.25) is 9.69 Å². The molecule has 3 aromatic rings. The maximum atomic E-state index is 12.4. The van der Waals surface area contributed by atoms with Crippen LogP contribution in [0.5, 0.6) is 0 Å². The normalized spacial score (nSPS) is 15.0. The third-order valence-corrected chi connectivity index (χ3v) is 7.24. The molecule has 0 amide bonds. The second-order valence-corrected chi connectivity index (χ2v) is 9.49. The lowest BCUT2D eigenvalue weighted by Gasteiger charge is -2.31. The Balaban J connectivity index is 0.000000201. The molecule has 4 rings (SSSR count). The molecule has 36 heavy (non-hydrogen) atoms. The zero-order valence-electron chi connectivity index (χ0n) is 21.7. The van der Waals surface area contributed by atoms with Gasteiger partial charge in [-0.05, 0) is 30.9 Å². The van der Waals surface area contributed by atoms with Crippen LogP contribution in [0, 0.1) is 0 Å². The Morgan fingerprint density at radius 3 is 2.00 bits per heavy atom. The van der Waals surface area contributed by atoms with Crippen molar-refractivity contribution in [2.75, 3.05) is 46.8 Å². The van der Waals surface area contributed by atoms with E-state index in [1.165, 1.54) is 10.5 Å². The number of carbonyl (C=O) groups excluding carboxylic acids is 1. The van der Waals surface area contributed by atoms with Crippen molar-refractivity contribution < 1.29 is 19.0 Å². The van der Waals surface area contributed by atoms with Crippen LogP contribution in [0.15, 0.2) is 89.8 Å². The number of nitrogens with zero attached hydrogens (tertiary/aromatic N) is 1. The average Bonchev–Trinajstić information content (AvgIpc) is 2.97. The van der Waals surface area contributed by atoms with Crippen molar-refractivity contribution in [3.63, 3.8) is 0 Å². The van der Waals surface area contributed by atoms with Gasteiger partial charge in [-0.1, -0.05) is 72.8 Å². The number of ketones is 1. The van der Waals surface area contributed by atoms with E-state index in [0.29, 0.717) is 6.42 Å². The topological polar surface area (TPSA) is 48.0 Å². The fourth-order valence-corrected chi connectivity index (χ4v) is 4.66. The van der Waals surface area contributed by atoms with Crippen molar-refractivity contribution in [1.82, 2.24) is 4.90 Å². The van der Waals surface area contributed by atoms with Crippen molar-refractivity contribution in [1.29, 1.82) is 0 Å². The molecule has 0 N–H and O–H groups in total. The van der Waals surface area contributed by atoms with Crippen LogP contribution in [0.25, 0.3) is 0 Å². The number of thioether (sulfide) groups is 1. The molecule has 1 fully saturated rings. The molecular weight excluding hydrogens is 470 g/mol. The van der Waals surface area contributed by atoms with Gasteiger partial charge in [0.25, 0.3) is 0 Å². The Morgan fingerprint density at radius 2 is 1.47 bits per heavy atom. The minimum Gasteiger partial charge on any atom is -0.379 e. The summed E-state index contributed by atoms with van der Waals surface area (Å²) in [7, 11) is 3.36. The van der Waals surface area contributed by atoms with Gasteiger partial charge in [-0.25, -0.2) is 0 Å². The predicted octanol–water partition coefficient (Wildman–Crippen LogP) is 5.69. The standard InChI is InChI=1S/C16H18O2.C14H19NO2S/c1-17-16(18-2,15-11-7-4-8-12-15)13-14-9-5-3-6-10-14;1-11(15-7-9-17-10-8-15)14(16)12-3-5-13(18-2)6-4-12/h3-12H,13H2,1-2H3;3-6,11H,7-10H2,1-2H3. The van der Waals surface area contributed by atoms with Gasteiger partial charge in [0, 0.05) is 49.8 Å². The molecule has 0 saturated carbocycles. The summed E-state index contributed by atoms with van der Waals surface area (Å²) in [6.07, 6.45) is 2.72. The molecule has 0 aromatic heterocycles. The molecule has 1 atom stereocenters. The minimum atomic E-state index is -0.720. The Kier molecular flexibility index (Phi) is 11.2. The molecular formula is C30H37NO4S. The summed E-state index contributed by atoms with van der Waals surface area (Å²) in [5.74, 6) is -0.521. The van der Waals surface area contributed by atoms with Gasteiger partial charge in [0.2, 0.25) is 0 Å². The molecule has 5 nitrogen and oxygen atoms in total. The van der Waals surface area contributed by atoms with E-state index in [1.807, 2.05) is 86.0 Å². The Hall–Kier alpha value is -2.48. The number of hydrogen-bond donors (Lipinski definition) is 0. The van der Waals surface area contributed by atoms with Gasteiger partial charge in [0.15, 0.2) is 11.6 Å². The summed E-state index contributed by atoms with van der Waals surface area (Å²) in [6.45, 7) is 5.12. The number of morpholine rings is 1. The van der Waals surface area contributed by atoms with Gasteiger partial charge < -0.3 is 14.2 Å². The molecule has 1 saturated heterocycles. The van der Waals surface area contributed by atoms with E-state index < -0.39 is 5.79 Å². The highest BCUT2D eigenvalue weighted by Crippen LogP contribution is 2.30. The van der Waals surface area contributed by atoms with Crippen LogP contribution in [0.3, 0.4) is 0 Å². The molecule has 0 aliphatic carbocycles. The van der Waals surface area contributed by atoms with Crippen LogP contribution in [-0.4, -0.2) is 63.5 Å². The Bertz CT molecular complexity index is 1030. The first-order valence-corrected chi connectivity index (χ1v) is 13.4. The fourth-order valence-electron chi connectivity index (χ4n) is 4.25. The fraction of sp³-hybridized carbons (Fsp3) is 0.367. The maximum absolute atomic E-state index is 12.4. The van der Waals surface area contributed by atoms with E-state index in [4.69, 9.17) is 14.2 Å². The maximum Gasteiger partial charge on any atom is 0.198 e. The van der Waals surface area contributed by atoms with Crippen LogP contribution >= 0.6 is 11.8 Å². The molecule has 1 aliphatic rings. The number of ether oxygens (including phenoxy) is 3. The molecule has 3 aromatic carbocycles. The van der Waals surface area contributed by atoms with E-state index in [9.17, 15) is 4.79 Å². The number of carbonyl (C=O) groups is 1. The highest BCUT2D eigenvalue weighted by Gasteiger charge is 2.32. The van der Waals surface area contributed by atoms with Crippen molar-refractivity contribution in [3.8, 4) is 0 Å². The molecule has 1 unspecified atom stereocenters. The first kappa shape index (κ1) is 28.1. The highest BCUT2D eigenvalue weighted by molar-refractivity contribution is 7.98. The van der Waals surface area contributed by atoms with Crippen LogP contribution in [0.2, 0.25) is 0 Å². The van der Waals surface area contributed by atoms with Crippen molar-refractivity contribution in [2.24, 2.45) is 0 Å². The van der Waals surface area contributed by atoms with Gasteiger partial charge >= 0.3 is 0 Å². The van der Waals surface area contributed by atoms with Crippen LogP contribution in [-0.2, 0) is 26.4 Å². The third-order valence-electron chi connectivity index (χ3n) is 6.50. The molecule has 0 spiro atoms. The zero-order valence-corrected chi connectivity index (χ0v) is 22.5. The summed E-state index contributed by atoms with van der Waals surface area (Å²) in [5.41, 5.74) is 3.01. The van der Waals surface area contributed by atoms with Gasteiger partial charge in [-0.2, -0.15) is 0 Å². The zero-order chi connectivity index (χ0) is 25.8. The van der Waals surface area contributed by atoms with E-state index in [2.05, 4.69) is 17.0 Å². The monoisotopic (exact) mass is 507 g/mol. The predicted molar refractivity (Wildman–Crippen MR) is 147 cm³/mol. The Labute approximate surface area is 219 Å². The smallest absolute Gasteiger partial charge is 0.198 e. The minimum absolute atomic E-state index is 0.0611. The van der Waals surface area contributed by atoms with Crippen molar-refractivity contribution in [2.45, 2.75) is 30.1 Å². The first-order chi connectivity index (χ1) is 17.5. The summed E-state index contributed by atoms with van der Waals surface area (Å²) >= 11 is 1.69. The van der Waals surface area contributed by atoms with E-state index in [-0.39, 0.29) is 11.8 Å². The third kappa shape index (κ3) is 7.51. The van der Waals surface area contributed by atoms with E-state index in [0.717, 1.165) is 37.4 Å². The Morgan fingerprint density at radius 1 is 0.917 bits per heavy atom. The van der Waals surface area contributed by atoms with Crippen LogP contribution in [0.4, 0.5) is 0 Å². The lowest BCUT2D eigenvalue weighted by Crippen LogP contribution is -2.45. The molecule has 0 bridgehead atoms. The lowest BCUT2D eigenvalue weighted by molar-refractivity contribution is -0.215. The summed E-state index contributed by atoms with van der Waals surface area (Å²) in [5, 5.41) is 0. The van der Waals surface area contributed by atoms with Crippen LogP contribution in [0.1, 0.15) is 28.4 Å². The highest BCUT2D eigenvalue weighted by atomic mass is 32.2. The van der Waals surface area contributed by atoms with Crippen molar-refractivity contribution in [3.05, 3.63) is 102 Å². The second kappa shape index (κ2) is 14.3. The van der Waals surface area contributed by atoms with Crippen molar-refractivity contribution >= 4 is 17.5 Å². The number of Topliss-reactive ketones (excluding diaryl/α,β-unsaturated/α-hetero) is 1. The summed E-state index contributed by atoms with van der Waals surface area (Å²) < 4.78 is 16.6. The first-order valence-electron chi connectivity index (χ1n) is 12.2. The molecule has 192 valence electrons. The quantitative estimate of drug-likeness (QED) is 0.211. The van der Waals surface area contributed by atoms with Crippen LogP contribution < -0.4 is 0 Å². The lowest BCUT2D eigenvalue weighted by atomic mass is 9.97. The SMILES string of the molecule is COC(Cc1ccccc1)(OC)c1ccccc1.CSc1ccc(C(=O)C(C)N2CCOCC2)cc1. The largest absolute Gasteiger partial charge is 0.379 e. The van der Waals surface area contributed by atoms with E-state index >= 15 is 0 Å². The molecule has 0 radical (unpaired) electrons. The van der Waals surface area contributed by atoms with Gasteiger partial charge in [-0.15, -0.1) is 11.8 Å².